The molecule has 0 unspecified atom stereocenters. The van der Waals surface area contributed by atoms with Crippen LogP contribution in [0.1, 0.15) is 23.3 Å². The molecular formula is C12H18N2OS. The third kappa shape index (κ3) is 3.61. The summed E-state index contributed by atoms with van der Waals surface area (Å²) >= 11 is 1.70. The van der Waals surface area contributed by atoms with Gasteiger partial charge in [0.2, 0.25) is 5.91 Å². The van der Waals surface area contributed by atoms with Crippen molar-refractivity contribution in [3.8, 4) is 0 Å². The van der Waals surface area contributed by atoms with E-state index in [0.29, 0.717) is 13.1 Å². The van der Waals surface area contributed by atoms with E-state index in [1.807, 2.05) is 0 Å². The standard InChI is InChI=1S/C12H18N2OS/c1-9-4-5-16-11(9)7-14-12(15)8-13-6-10-2-3-10/h4-5,10,13H,2-3,6-8H2,1H3,(H,14,15). The number of carbonyl (C=O) groups excluding carboxylic acids is 1. The first-order chi connectivity index (χ1) is 7.75. The lowest BCUT2D eigenvalue weighted by atomic mass is 10.3. The Morgan fingerprint density at radius 3 is 3.00 bits per heavy atom. The summed E-state index contributed by atoms with van der Waals surface area (Å²) < 4.78 is 0. The molecule has 1 heterocycles. The smallest absolute Gasteiger partial charge is 0.234 e. The van der Waals surface area contributed by atoms with Gasteiger partial charge in [-0.15, -0.1) is 11.3 Å². The maximum Gasteiger partial charge on any atom is 0.234 e. The van der Waals surface area contributed by atoms with Gasteiger partial charge in [0.05, 0.1) is 13.1 Å². The predicted octanol–water partition coefficient (Wildman–Crippen LogP) is 1.67. The fourth-order valence-electron chi connectivity index (χ4n) is 1.54. The van der Waals surface area contributed by atoms with E-state index >= 15 is 0 Å². The van der Waals surface area contributed by atoms with E-state index < -0.39 is 0 Å². The fraction of sp³-hybridized carbons (Fsp3) is 0.583. The molecule has 1 fully saturated rings. The second-order valence-corrected chi connectivity index (χ2v) is 5.38. The Bertz CT molecular complexity index is 358. The molecule has 1 aromatic rings. The zero-order valence-electron chi connectivity index (χ0n) is 9.58. The summed E-state index contributed by atoms with van der Waals surface area (Å²) in [5.41, 5.74) is 1.26. The minimum absolute atomic E-state index is 0.0912. The predicted molar refractivity (Wildman–Crippen MR) is 66.5 cm³/mol. The van der Waals surface area contributed by atoms with Gasteiger partial charge in [0.1, 0.15) is 0 Å². The molecule has 1 saturated carbocycles. The lowest BCUT2D eigenvalue weighted by Crippen LogP contribution is -2.34. The number of hydrogen-bond donors (Lipinski definition) is 2. The van der Waals surface area contributed by atoms with E-state index in [0.717, 1.165) is 12.5 Å². The minimum atomic E-state index is 0.0912. The number of aryl methyl sites for hydroxylation is 1. The van der Waals surface area contributed by atoms with E-state index in [2.05, 4.69) is 29.0 Å². The van der Waals surface area contributed by atoms with Crippen molar-refractivity contribution >= 4 is 17.2 Å². The molecule has 1 amide bonds. The Balaban J connectivity index is 1.61. The molecule has 0 bridgehead atoms. The Hall–Kier alpha value is -0.870. The van der Waals surface area contributed by atoms with Crippen LogP contribution >= 0.6 is 11.3 Å². The van der Waals surface area contributed by atoms with E-state index in [1.54, 1.807) is 11.3 Å². The third-order valence-corrected chi connectivity index (χ3v) is 3.85. The molecule has 0 aliphatic heterocycles. The highest BCUT2D eigenvalue weighted by Crippen LogP contribution is 2.27. The number of rotatable bonds is 6. The zero-order chi connectivity index (χ0) is 11.4. The third-order valence-electron chi connectivity index (χ3n) is 2.83. The van der Waals surface area contributed by atoms with Crippen molar-refractivity contribution in [1.29, 1.82) is 0 Å². The second kappa shape index (κ2) is 5.46. The van der Waals surface area contributed by atoms with Crippen LogP contribution in [0.15, 0.2) is 11.4 Å². The quantitative estimate of drug-likeness (QED) is 0.791. The highest BCUT2D eigenvalue weighted by Gasteiger charge is 2.20. The van der Waals surface area contributed by atoms with Crippen molar-refractivity contribution < 1.29 is 4.79 Å². The summed E-state index contributed by atoms with van der Waals surface area (Å²) in [6.45, 7) is 4.17. The lowest BCUT2D eigenvalue weighted by molar-refractivity contribution is -0.120. The Labute approximate surface area is 100 Å². The average molecular weight is 238 g/mol. The monoisotopic (exact) mass is 238 g/mol. The molecular weight excluding hydrogens is 220 g/mol. The van der Waals surface area contributed by atoms with Crippen LogP contribution in [0.3, 0.4) is 0 Å². The van der Waals surface area contributed by atoms with Crippen molar-refractivity contribution in [1.82, 2.24) is 10.6 Å². The summed E-state index contributed by atoms with van der Waals surface area (Å²) in [6.07, 6.45) is 2.64. The van der Waals surface area contributed by atoms with E-state index in [-0.39, 0.29) is 5.91 Å². The second-order valence-electron chi connectivity index (χ2n) is 4.38. The summed E-state index contributed by atoms with van der Waals surface area (Å²) in [7, 11) is 0. The van der Waals surface area contributed by atoms with Crippen molar-refractivity contribution in [2.45, 2.75) is 26.3 Å². The SMILES string of the molecule is Cc1ccsc1CNC(=O)CNCC1CC1. The van der Waals surface area contributed by atoms with Crippen molar-refractivity contribution in [2.24, 2.45) is 5.92 Å². The van der Waals surface area contributed by atoms with Crippen LogP contribution in [0.2, 0.25) is 0 Å². The minimum Gasteiger partial charge on any atom is -0.350 e. The van der Waals surface area contributed by atoms with E-state index in [9.17, 15) is 4.79 Å². The molecule has 2 rings (SSSR count). The summed E-state index contributed by atoms with van der Waals surface area (Å²) in [6, 6.07) is 2.08. The maximum atomic E-state index is 11.5. The van der Waals surface area contributed by atoms with Crippen molar-refractivity contribution in [3.63, 3.8) is 0 Å². The zero-order valence-corrected chi connectivity index (χ0v) is 10.4. The van der Waals surface area contributed by atoms with Gasteiger partial charge in [0, 0.05) is 4.88 Å². The summed E-state index contributed by atoms with van der Waals surface area (Å²) in [4.78, 5) is 12.7. The van der Waals surface area contributed by atoms with Gasteiger partial charge < -0.3 is 10.6 Å². The van der Waals surface area contributed by atoms with Gasteiger partial charge in [-0.1, -0.05) is 0 Å². The van der Waals surface area contributed by atoms with Crippen molar-refractivity contribution in [3.05, 3.63) is 21.9 Å². The number of amides is 1. The van der Waals surface area contributed by atoms with Gasteiger partial charge in [-0.2, -0.15) is 0 Å². The molecule has 0 atom stereocenters. The number of thiophene rings is 1. The van der Waals surface area contributed by atoms with Gasteiger partial charge in [-0.3, -0.25) is 4.79 Å². The Morgan fingerprint density at radius 2 is 2.38 bits per heavy atom. The molecule has 3 nitrogen and oxygen atoms in total. The molecule has 1 aromatic heterocycles. The Morgan fingerprint density at radius 1 is 1.56 bits per heavy atom. The van der Waals surface area contributed by atoms with E-state index in [1.165, 1.54) is 23.3 Å². The van der Waals surface area contributed by atoms with Gasteiger partial charge >= 0.3 is 0 Å². The average Bonchev–Trinajstić information content (AvgIpc) is 2.99. The Kier molecular flexibility index (Phi) is 3.96. The number of nitrogens with one attached hydrogen (secondary N) is 2. The maximum absolute atomic E-state index is 11.5. The first kappa shape index (κ1) is 11.6. The van der Waals surface area contributed by atoms with Gasteiger partial charge in [0.25, 0.3) is 0 Å². The van der Waals surface area contributed by atoms with Gasteiger partial charge in [-0.05, 0) is 49.2 Å². The summed E-state index contributed by atoms with van der Waals surface area (Å²) in [5, 5.41) is 8.17. The number of carbonyl (C=O) groups is 1. The first-order valence-corrected chi connectivity index (χ1v) is 6.64. The lowest BCUT2D eigenvalue weighted by Gasteiger charge is -2.05. The van der Waals surface area contributed by atoms with Crippen LogP contribution in [0.4, 0.5) is 0 Å². The van der Waals surface area contributed by atoms with Crippen LogP contribution in [0, 0.1) is 12.8 Å². The van der Waals surface area contributed by atoms with E-state index in [4.69, 9.17) is 0 Å². The summed E-state index contributed by atoms with van der Waals surface area (Å²) in [5.74, 6) is 0.917. The molecule has 0 saturated heterocycles. The van der Waals surface area contributed by atoms with Crippen LogP contribution < -0.4 is 10.6 Å². The van der Waals surface area contributed by atoms with Crippen LogP contribution in [-0.2, 0) is 11.3 Å². The van der Waals surface area contributed by atoms with Crippen LogP contribution in [0.25, 0.3) is 0 Å². The molecule has 1 aliphatic carbocycles. The molecule has 88 valence electrons. The van der Waals surface area contributed by atoms with Crippen LogP contribution in [0.5, 0.6) is 0 Å². The molecule has 0 aromatic carbocycles. The highest BCUT2D eigenvalue weighted by atomic mass is 32.1. The molecule has 0 radical (unpaired) electrons. The van der Waals surface area contributed by atoms with Crippen LogP contribution in [-0.4, -0.2) is 19.0 Å². The largest absolute Gasteiger partial charge is 0.350 e. The highest BCUT2D eigenvalue weighted by molar-refractivity contribution is 7.10. The molecule has 1 aliphatic rings. The molecule has 0 spiro atoms. The van der Waals surface area contributed by atoms with Gasteiger partial charge in [-0.25, -0.2) is 0 Å². The van der Waals surface area contributed by atoms with Crippen molar-refractivity contribution in [2.75, 3.05) is 13.1 Å². The molecule has 4 heteroatoms. The van der Waals surface area contributed by atoms with Gasteiger partial charge in [0.15, 0.2) is 0 Å². The number of hydrogen-bond acceptors (Lipinski definition) is 3. The molecule has 16 heavy (non-hydrogen) atoms. The fourth-order valence-corrected chi connectivity index (χ4v) is 2.38. The normalized spacial score (nSPS) is 15.1. The molecule has 2 N–H and O–H groups in total. The topological polar surface area (TPSA) is 41.1 Å². The first-order valence-electron chi connectivity index (χ1n) is 5.76.